The van der Waals surface area contributed by atoms with Gasteiger partial charge in [-0.2, -0.15) is 0 Å². The van der Waals surface area contributed by atoms with E-state index in [1.807, 2.05) is 30.3 Å². The van der Waals surface area contributed by atoms with E-state index in [0.717, 1.165) is 5.30 Å². The van der Waals surface area contributed by atoms with Crippen molar-refractivity contribution in [2.75, 3.05) is 0 Å². The predicted octanol–water partition coefficient (Wildman–Crippen LogP) is 1.72. The van der Waals surface area contributed by atoms with Crippen LogP contribution < -0.4 is 10.6 Å². The molecule has 1 atom stereocenters. The third-order valence-corrected chi connectivity index (χ3v) is 3.89. The quantitative estimate of drug-likeness (QED) is 0.811. The summed E-state index contributed by atoms with van der Waals surface area (Å²) < 4.78 is 0. The van der Waals surface area contributed by atoms with E-state index in [0.29, 0.717) is 5.30 Å². The van der Waals surface area contributed by atoms with E-state index in [1.54, 1.807) is 12.1 Å². The zero-order valence-corrected chi connectivity index (χ0v) is 9.84. The average molecular weight is 246 g/mol. The summed E-state index contributed by atoms with van der Waals surface area (Å²) in [6, 6.07) is 15.7. The topological polar surface area (TPSA) is 57.5 Å². The third-order valence-electron chi connectivity index (χ3n) is 2.34. The van der Waals surface area contributed by atoms with Gasteiger partial charge in [0.1, 0.15) is 0 Å². The van der Waals surface area contributed by atoms with Crippen LogP contribution in [0.4, 0.5) is 0 Å². The highest BCUT2D eigenvalue weighted by molar-refractivity contribution is 7.67. The van der Waals surface area contributed by atoms with Crippen molar-refractivity contribution in [3.05, 3.63) is 60.2 Å². The second-order valence-electron chi connectivity index (χ2n) is 3.50. The second kappa shape index (κ2) is 5.09. The summed E-state index contributed by atoms with van der Waals surface area (Å²) in [5.41, 5.74) is 0.194. The molecule has 1 unspecified atom stereocenters. The Bertz CT molecular complexity index is 525. The Morgan fingerprint density at radius 3 is 2.24 bits per heavy atom. The van der Waals surface area contributed by atoms with Gasteiger partial charge in [0.15, 0.2) is 0 Å². The van der Waals surface area contributed by atoms with Crippen LogP contribution in [0.5, 0.6) is 0 Å². The predicted molar refractivity (Wildman–Crippen MR) is 68.3 cm³/mol. The molecule has 0 aromatic heterocycles. The first-order valence-electron chi connectivity index (χ1n) is 5.06. The SMILES string of the molecule is O=C(O)c1cccc(P(O)c2ccccc2)c1. The molecule has 2 rings (SSSR count). The van der Waals surface area contributed by atoms with Crippen molar-refractivity contribution in [3.8, 4) is 0 Å². The number of benzene rings is 2. The Hall–Kier alpha value is -1.70. The van der Waals surface area contributed by atoms with E-state index in [9.17, 15) is 9.69 Å². The molecule has 4 heteroatoms. The largest absolute Gasteiger partial charge is 0.478 e. The van der Waals surface area contributed by atoms with Gasteiger partial charge in [0.05, 0.1) is 13.7 Å². The Morgan fingerprint density at radius 1 is 0.941 bits per heavy atom. The maximum atomic E-state index is 10.8. The first-order chi connectivity index (χ1) is 8.18. The highest BCUT2D eigenvalue weighted by Crippen LogP contribution is 2.27. The molecule has 0 fully saturated rings. The van der Waals surface area contributed by atoms with E-state index in [2.05, 4.69) is 0 Å². The van der Waals surface area contributed by atoms with Crippen LogP contribution in [0, 0.1) is 0 Å². The van der Waals surface area contributed by atoms with Crippen LogP contribution in [0.1, 0.15) is 10.4 Å². The van der Waals surface area contributed by atoms with Gasteiger partial charge in [-0.05, 0) is 12.1 Å². The van der Waals surface area contributed by atoms with Crippen LogP contribution in [-0.4, -0.2) is 16.0 Å². The molecule has 0 saturated carbocycles. The lowest BCUT2D eigenvalue weighted by molar-refractivity contribution is 0.0697. The molecule has 0 radical (unpaired) electrons. The molecule has 0 bridgehead atoms. The number of rotatable bonds is 3. The van der Waals surface area contributed by atoms with Crippen molar-refractivity contribution in [1.29, 1.82) is 0 Å². The number of hydrogen-bond donors (Lipinski definition) is 2. The molecule has 3 nitrogen and oxygen atoms in total. The lowest BCUT2D eigenvalue weighted by Crippen LogP contribution is -2.12. The normalized spacial score (nSPS) is 12.1. The Morgan fingerprint density at radius 2 is 1.59 bits per heavy atom. The van der Waals surface area contributed by atoms with Crippen LogP contribution in [0.2, 0.25) is 0 Å². The van der Waals surface area contributed by atoms with Crippen molar-refractivity contribution in [2.24, 2.45) is 0 Å². The van der Waals surface area contributed by atoms with Crippen LogP contribution >= 0.6 is 8.15 Å². The summed E-state index contributed by atoms with van der Waals surface area (Å²) in [5.74, 6) is -0.983. The fourth-order valence-electron chi connectivity index (χ4n) is 1.49. The monoisotopic (exact) mass is 246 g/mol. The molecular formula is C13H11O3P. The highest BCUT2D eigenvalue weighted by Gasteiger charge is 2.12. The molecule has 2 aromatic carbocycles. The average Bonchev–Trinajstić information content (AvgIpc) is 2.39. The maximum absolute atomic E-state index is 10.8. The second-order valence-corrected chi connectivity index (χ2v) is 5.16. The molecular weight excluding hydrogens is 235 g/mol. The molecule has 0 spiro atoms. The van der Waals surface area contributed by atoms with Crippen LogP contribution in [0.25, 0.3) is 0 Å². The fourth-order valence-corrected chi connectivity index (χ4v) is 2.73. The van der Waals surface area contributed by atoms with Crippen LogP contribution in [0.15, 0.2) is 54.6 Å². The van der Waals surface area contributed by atoms with E-state index < -0.39 is 14.1 Å². The van der Waals surface area contributed by atoms with E-state index in [-0.39, 0.29) is 5.56 Å². The van der Waals surface area contributed by atoms with Crippen LogP contribution in [-0.2, 0) is 0 Å². The van der Waals surface area contributed by atoms with Gasteiger partial charge in [0.25, 0.3) is 0 Å². The summed E-state index contributed by atoms with van der Waals surface area (Å²) in [7, 11) is -1.48. The summed E-state index contributed by atoms with van der Waals surface area (Å²) >= 11 is 0. The van der Waals surface area contributed by atoms with Crippen LogP contribution in [0.3, 0.4) is 0 Å². The van der Waals surface area contributed by atoms with Gasteiger partial charge in [0.2, 0.25) is 0 Å². The van der Waals surface area contributed by atoms with Crippen molar-refractivity contribution < 1.29 is 14.8 Å². The molecule has 0 aliphatic heterocycles. The molecule has 86 valence electrons. The lowest BCUT2D eigenvalue weighted by atomic mass is 10.2. The molecule has 17 heavy (non-hydrogen) atoms. The zero-order chi connectivity index (χ0) is 12.3. The van der Waals surface area contributed by atoms with E-state index in [1.165, 1.54) is 12.1 Å². The minimum Gasteiger partial charge on any atom is -0.478 e. The molecule has 2 aromatic rings. The Balaban J connectivity index is 2.34. The summed E-state index contributed by atoms with van der Waals surface area (Å²) in [6.45, 7) is 0. The minimum atomic E-state index is -1.48. The Labute approximate surface area is 100 Å². The standard InChI is InChI=1S/C13H11O3P/c14-13(15)10-5-4-8-12(9-10)17(16)11-6-2-1-3-7-11/h1-9,16H,(H,14,15). The smallest absolute Gasteiger partial charge is 0.335 e. The van der Waals surface area contributed by atoms with Gasteiger partial charge < -0.3 is 10.00 Å². The molecule has 0 amide bonds. The van der Waals surface area contributed by atoms with E-state index >= 15 is 0 Å². The van der Waals surface area contributed by atoms with Crippen molar-refractivity contribution in [1.82, 2.24) is 0 Å². The molecule has 0 aliphatic rings. The third kappa shape index (κ3) is 2.70. The van der Waals surface area contributed by atoms with E-state index in [4.69, 9.17) is 5.11 Å². The van der Waals surface area contributed by atoms with Gasteiger partial charge in [-0.15, -0.1) is 0 Å². The first kappa shape index (κ1) is 11.8. The number of aromatic carboxylic acids is 1. The minimum absolute atomic E-state index is 0.194. The first-order valence-corrected chi connectivity index (χ1v) is 6.35. The van der Waals surface area contributed by atoms with Gasteiger partial charge in [-0.1, -0.05) is 42.5 Å². The molecule has 0 saturated heterocycles. The molecule has 2 N–H and O–H groups in total. The van der Waals surface area contributed by atoms with Gasteiger partial charge in [0, 0.05) is 10.6 Å². The number of carbonyl (C=O) groups is 1. The van der Waals surface area contributed by atoms with Crippen molar-refractivity contribution in [3.63, 3.8) is 0 Å². The number of carboxylic acid groups (broad SMARTS) is 1. The summed E-state index contributed by atoms with van der Waals surface area (Å²) in [5, 5.41) is 10.3. The number of hydrogen-bond acceptors (Lipinski definition) is 2. The van der Waals surface area contributed by atoms with Gasteiger partial charge >= 0.3 is 5.97 Å². The highest BCUT2D eigenvalue weighted by atomic mass is 31.1. The van der Waals surface area contributed by atoms with Gasteiger partial charge in [-0.25, -0.2) is 4.79 Å². The summed E-state index contributed by atoms with van der Waals surface area (Å²) in [4.78, 5) is 21.0. The molecule has 0 heterocycles. The zero-order valence-electron chi connectivity index (χ0n) is 8.95. The summed E-state index contributed by atoms with van der Waals surface area (Å²) in [6.07, 6.45) is 0. The Kier molecular flexibility index (Phi) is 3.52. The molecule has 0 aliphatic carbocycles. The maximum Gasteiger partial charge on any atom is 0.335 e. The number of carboxylic acids is 1. The van der Waals surface area contributed by atoms with Gasteiger partial charge in [-0.3, -0.25) is 0 Å². The lowest BCUT2D eigenvalue weighted by Gasteiger charge is -2.11. The van der Waals surface area contributed by atoms with Crippen molar-refractivity contribution in [2.45, 2.75) is 0 Å². The fraction of sp³-hybridized carbons (Fsp3) is 0. The van der Waals surface area contributed by atoms with Crippen molar-refractivity contribution >= 4 is 24.7 Å².